The number of nitrogens with zero attached hydrogens (tertiary/aromatic N) is 1. The zero-order chi connectivity index (χ0) is 11.7. The number of nitrogen functional groups attached to an aromatic ring is 1. The van der Waals surface area contributed by atoms with E-state index in [-0.39, 0.29) is 12.3 Å². The Morgan fingerprint density at radius 3 is 2.94 bits per heavy atom. The second-order valence-corrected chi connectivity index (χ2v) is 3.40. The summed E-state index contributed by atoms with van der Waals surface area (Å²) in [6.45, 7) is 0. The summed E-state index contributed by atoms with van der Waals surface area (Å²) in [6.07, 6.45) is -0.149. The monoisotopic (exact) mass is 218 g/mol. The molecule has 1 aromatic carbocycles. The highest BCUT2D eigenvalue weighted by Crippen LogP contribution is 2.13. The van der Waals surface area contributed by atoms with Crippen molar-refractivity contribution in [1.29, 1.82) is 5.41 Å². The number of H-pyrrole nitrogens is 1. The molecule has 0 aliphatic rings. The fourth-order valence-electron chi connectivity index (χ4n) is 1.45. The average Bonchev–Trinajstić information content (AvgIpc) is 2.56. The Hall–Kier alpha value is -2.37. The normalized spacial score (nSPS) is 10.5. The Morgan fingerprint density at radius 2 is 2.31 bits per heavy atom. The number of carboxylic acids is 1. The van der Waals surface area contributed by atoms with E-state index in [1.807, 2.05) is 0 Å². The van der Waals surface area contributed by atoms with Crippen LogP contribution in [0.3, 0.4) is 0 Å². The molecule has 1 heterocycles. The molecule has 1 aromatic heterocycles. The van der Waals surface area contributed by atoms with Gasteiger partial charge in [0.15, 0.2) is 0 Å². The van der Waals surface area contributed by atoms with Crippen molar-refractivity contribution in [2.45, 2.75) is 6.42 Å². The highest BCUT2D eigenvalue weighted by Gasteiger charge is 2.07. The number of fused-ring (bicyclic) bond motifs is 1. The molecule has 0 atom stereocenters. The fourth-order valence-corrected chi connectivity index (χ4v) is 1.45. The molecule has 82 valence electrons. The second-order valence-electron chi connectivity index (χ2n) is 3.40. The lowest BCUT2D eigenvalue weighted by Gasteiger charge is -1.95. The van der Waals surface area contributed by atoms with Crippen molar-refractivity contribution in [2.75, 3.05) is 0 Å². The summed E-state index contributed by atoms with van der Waals surface area (Å²) in [5.41, 5.74) is 7.27. The first-order valence-corrected chi connectivity index (χ1v) is 4.61. The number of nitrogens with one attached hydrogen (secondary N) is 2. The van der Waals surface area contributed by atoms with Gasteiger partial charge in [0.05, 0.1) is 11.0 Å². The number of imidazole rings is 1. The second kappa shape index (κ2) is 3.65. The van der Waals surface area contributed by atoms with Crippen molar-refractivity contribution in [3.63, 3.8) is 0 Å². The summed E-state index contributed by atoms with van der Waals surface area (Å²) in [7, 11) is 0. The molecule has 0 aliphatic carbocycles. The Kier molecular flexibility index (Phi) is 2.32. The van der Waals surface area contributed by atoms with Crippen molar-refractivity contribution in [1.82, 2.24) is 9.97 Å². The first-order chi connectivity index (χ1) is 7.56. The van der Waals surface area contributed by atoms with E-state index in [1.54, 1.807) is 18.2 Å². The van der Waals surface area contributed by atoms with E-state index in [0.717, 1.165) is 5.52 Å². The summed E-state index contributed by atoms with van der Waals surface area (Å²) in [6, 6.07) is 5.07. The Balaban J connectivity index is 2.45. The molecule has 0 fully saturated rings. The van der Waals surface area contributed by atoms with E-state index in [1.165, 1.54) is 0 Å². The van der Waals surface area contributed by atoms with Gasteiger partial charge >= 0.3 is 5.97 Å². The maximum absolute atomic E-state index is 10.5. The van der Waals surface area contributed by atoms with Crippen molar-refractivity contribution in [2.24, 2.45) is 5.73 Å². The number of benzene rings is 1. The maximum Gasteiger partial charge on any atom is 0.311 e. The van der Waals surface area contributed by atoms with Crippen LogP contribution in [0.1, 0.15) is 11.4 Å². The maximum atomic E-state index is 10.5. The summed E-state index contributed by atoms with van der Waals surface area (Å²) in [5.74, 6) is -0.585. The quantitative estimate of drug-likeness (QED) is 0.442. The van der Waals surface area contributed by atoms with Gasteiger partial charge in [0, 0.05) is 5.56 Å². The Morgan fingerprint density at radius 1 is 1.56 bits per heavy atom. The number of hydrogen-bond donors (Lipinski definition) is 4. The minimum atomic E-state index is -0.939. The first kappa shape index (κ1) is 10.2. The van der Waals surface area contributed by atoms with Crippen molar-refractivity contribution in [3.05, 3.63) is 29.6 Å². The number of carboxylic acid groups (broad SMARTS) is 1. The van der Waals surface area contributed by atoms with Gasteiger partial charge in [0.2, 0.25) is 0 Å². The van der Waals surface area contributed by atoms with Crippen molar-refractivity contribution >= 4 is 22.8 Å². The predicted molar refractivity (Wildman–Crippen MR) is 58.4 cm³/mol. The number of amidine groups is 1. The van der Waals surface area contributed by atoms with Gasteiger partial charge in [0.25, 0.3) is 0 Å². The van der Waals surface area contributed by atoms with Crippen LogP contribution in [0.2, 0.25) is 0 Å². The van der Waals surface area contributed by atoms with Gasteiger partial charge in [-0.15, -0.1) is 0 Å². The third-order valence-electron chi connectivity index (χ3n) is 2.16. The minimum Gasteiger partial charge on any atom is -0.481 e. The van der Waals surface area contributed by atoms with Crippen molar-refractivity contribution in [3.8, 4) is 0 Å². The topological polar surface area (TPSA) is 116 Å². The van der Waals surface area contributed by atoms with Crippen LogP contribution < -0.4 is 5.73 Å². The molecule has 0 aliphatic heterocycles. The molecule has 2 rings (SSSR count). The van der Waals surface area contributed by atoms with Crippen LogP contribution in [-0.4, -0.2) is 26.9 Å². The molecule has 0 amide bonds. The van der Waals surface area contributed by atoms with E-state index in [2.05, 4.69) is 9.97 Å². The largest absolute Gasteiger partial charge is 0.481 e. The lowest BCUT2D eigenvalue weighted by atomic mass is 10.2. The molecule has 5 N–H and O–H groups in total. The highest BCUT2D eigenvalue weighted by molar-refractivity contribution is 5.97. The number of hydrogen-bond acceptors (Lipinski definition) is 3. The van der Waals surface area contributed by atoms with Crippen LogP contribution in [-0.2, 0) is 11.2 Å². The third-order valence-corrected chi connectivity index (χ3v) is 2.16. The van der Waals surface area contributed by atoms with Gasteiger partial charge in [-0.05, 0) is 18.2 Å². The van der Waals surface area contributed by atoms with Gasteiger partial charge in [0.1, 0.15) is 18.1 Å². The number of aliphatic carboxylic acids is 1. The van der Waals surface area contributed by atoms with Crippen LogP contribution in [0.25, 0.3) is 11.0 Å². The smallest absolute Gasteiger partial charge is 0.311 e. The zero-order valence-corrected chi connectivity index (χ0v) is 8.32. The standard InChI is InChI=1S/C10H10N4O2/c11-10(12)5-1-2-6-7(3-5)14-8(13-6)4-9(15)16/h1-3H,4H2,(H3,11,12)(H,13,14)(H,15,16). The molecule has 0 radical (unpaired) electrons. The number of aromatic amines is 1. The SMILES string of the molecule is N=C(N)c1ccc2[nH]c(CC(=O)O)nc2c1. The summed E-state index contributed by atoms with van der Waals surface area (Å²) in [5, 5.41) is 15.9. The lowest BCUT2D eigenvalue weighted by molar-refractivity contribution is -0.136. The average molecular weight is 218 g/mol. The molecule has 6 heteroatoms. The molecule has 0 unspecified atom stereocenters. The Labute approximate surface area is 90.6 Å². The first-order valence-electron chi connectivity index (χ1n) is 4.61. The lowest BCUT2D eigenvalue weighted by Crippen LogP contribution is -2.10. The van der Waals surface area contributed by atoms with E-state index < -0.39 is 5.97 Å². The molecule has 6 nitrogen and oxygen atoms in total. The third kappa shape index (κ3) is 1.85. The van der Waals surface area contributed by atoms with Crippen LogP contribution in [0, 0.1) is 5.41 Å². The van der Waals surface area contributed by atoms with E-state index >= 15 is 0 Å². The van der Waals surface area contributed by atoms with E-state index in [4.69, 9.17) is 16.2 Å². The summed E-state index contributed by atoms with van der Waals surface area (Å²) >= 11 is 0. The number of carbonyl (C=O) groups is 1. The number of aromatic nitrogens is 2. The summed E-state index contributed by atoms with van der Waals surface area (Å²) < 4.78 is 0. The van der Waals surface area contributed by atoms with Gasteiger partial charge < -0.3 is 15.8 Å². The molecule has 0 bridgehead atoms. The van der Waals surface area contributed by atoms with Gasteiger partial charge in [-0.1, -0.05) is 0 Å². The van der Waals surface area contributed by atoms with Crippen LogP contribution in [0.15, 0.2) is 18.2 Å². The highest BCUT2D eigenvalue weighted by atomic mass is 16.4. The number of rotatable bonds is 3. The molecule has 0 saturated heterocycles. The molecular formula is C10H10N4O2. The molecule has 2 aromatic rings. The number of nitrogens with two attached hydrogens (primary N) is 1. The van der Waals surface area contributed by atoms with Crippen LogP contribution in [0.4, 0.5) is 0 Å². The van der Waals surface area contributed by atoms with E-state index in [9.17, 15) is 4.79 Å². The van der Waals surface area contributed by atoms with Gasteiger partial charge in [-0.3, -0.25) is 10.2 Å². The fraction of sp³-hybridized carbons (Fsp3) is 0.100. The van der Waals surface area contributed by atoms with Crippen LogP contribution >= 0.6 is 0 Å². The molecule has 0 spiro atoms. The van der Waals surface area contributed by atoms with E-state index in [0.29, 0.717) is 16.9 Å². The summed E-state index contributed by atoms with van der Waals surface area (Å²) in [4.78, 5) is 17.5. The van der Waals surface area contributed by atoms with Gasteiger partial charge in [-0.2, -0.15) is 0 Å². The molecule has 0 saturated carbocycles. The zero-order valence-electron chi connectivity index (χ0n) is 8.32. The van der Waals surface area contributed by atoms with Gasteiger partial charge in [-0.25, -0.2) is 4.98 Å². The Bertz CT molecular complexity index is 573. The predicted octanol–water partition coefficient (Wildman–Crippen LogP) is 0.474. The van der Waals surface area contributed by atoms with Crippen LogP contribution in [0.5, 0.6) is 0 Å². The minimum absolute atomic E-state index is 0.0373. The van der Waals surface area contributed by atoms with Crippen molar-refractivity contribution < 1.29 is 9.90 Å². The molecule has 16 heavy (non-hydrogen) atoms. The molecular weight excluding hydrogens is 208 g/mol.